The summed E-state index contributed by atoms with van der Waals surface area (Å²) in [7, 11) is -3.79. The van der Waals surface area contributed by atoms with E-state index in [0.717, 1.165) is 11.0 Å². The molecule has 2 rings (SSSR count). The van der Waals surface area contributed by atoms with Gasteiger partial charge in [0.1, 0.15) is 16.9 Å². The zero-order chi connectivity index (χ0) is 13.5. The molecule has 1 unspecified atom stereocenters. The highest BCUT2D eigenvalue weighted by molar-refractivity contribution is 9.10. The molecule has 1 aromatic rings. The number of sulfonamides is 1. The molecule has 1 fully saturated rings. The molecule has 1 aliphatic rings. The van der Waals surface area contributed by atoms with Crippen molar-refractivity contribution in [1.82, 2.24) is 4.98 Å². The highest BCUT2D eigenvalue weighted by atomic mass is 79.9. The molecule has 1 aliphatic heterocycles. The minimum atomic E-state index is -3.79. The van der Waals surface area contributed by atoms with Crippen molar-refractivity contribution < 1.29 is 17.6 Å². The van der Waals surface area contributed by atoms with Gasteiger partial charge in [0.05, 0.1) is 4.47 Å². The lowest BCUT2D eigenvalue weighted by molar-refractivity contribution is -0.117. The highest BCUT2D eigenvalue weighted by Crippen LogP contribution is 2.25. The standard InChI is InChI=1S/C9H9BrFN3O3S/c10-6-3-13-8(2-7(6)11)14-4-5(1-9(14)15)18(12,16)17/h2-3,5H,1,4H2,(H2,12,16,17). The van der Waals surface area contributed by atoms with Crippen LogP contribution in [0.3, 0.4) is 0 Å². The maximum absolute atomic E-state index is 13.3. The quantitative estimate of drug-likeness (QED) is 0.843. The van der Waals surface area contributed by atoms with E-state index in [-0.39, 0.29) is 23.3 Å². The van der Waals surface area contributed by atoms with Crippen molar-refractivity contribution >= 4 is 37.7 Å². The van der Waals surface area contributed by atoms with Gasteiger partial charge < -0.3 is 0 Å². The van der Waals surface area contributed by atoms with E-state index in [0.29, 0.717) is 0 Å². The Balaban J connectivity index is 2.30. The van der Waals surface area contributed by atoms with Crippen LogP contribution in [0.4, 0.5) is 10.2 Å². The topological polar surface area (TPSA) is 93.4 Å². The van der Waals surface area contributed by atoms with Gasteiger partial charge in [-0.1, -0.05) is 0 Å². The molecule has 0 radical (unpaired) electrons. The van der Waals surface area contributed by atoms with Crippen LogP contribution in [0.1, 0.15) is 6.42 Å². The van der Waals surface area contributed by atoms with Crippen molar-refractivity contribution in [3.8, 4) is 0 Å². The van der Waals surface area contributed by atoms with Crippen LogP contribution in [0, 0.1) is 5.82 Å². The zero-order valence-electron chi connectivity index (χ0n) is 9.01. The number of nitrogens with zero attached hydrogens (tertiary/aromatic N) is 2. The van der Waals surface area contributed by atoms with Gasteiger partial charge in [-0.25, -0.2) is 22.9 Å². The van der Waals surface area contributed by atoms with E-state index in [1.54, 1.807) is 0 Å². The molecule has 0 spiro atoms. The first-order valence-corrected chi connectivity index (χ1v) is 7.32. The van der Waals surface area contributed by atoms with Crippen molar-refractivity contribution in [2.45, 2.75) is 11.7 Å². The lowest BCUT2D eigenvalue weighted by Gasteiger charge is -2.15. The summed E-state index contributed by atoms with van der Waals surface area (Å²) in [5.41, 5.74) is 0. The molecule has 0 aromatic carbocycles. The Morgan fingerprint density at radius 1 is 1.56 bits per heavy atom. The number of amides is 1. The van der Waals surface area contributed by atoms with Crippen molar-refractivity contribution in [3.05, 3.63) is 22.6 Å². The Morgan fingerprint density at radius 3 is 2.72 bits per heavy atom. The van der Waals surface area contributed by atoms with Gasteiger partial charge in [-0.15, -0.1) is 0 Å². The molecule has 1 amide bonds. The minimum absolute atomic E-state index is 0.0758. The Hall–Kier alpha value is -1.06. The number of halogens is 2. The summed E-state index contributed by atoms with van der Waals surface area (Å²) in [4.78, 5) is 16.6. The second-order valence-corrected chi connectivity index (χ2v) is 6.58. The van der Waals surface area contributed by atoms with E-state index in [4.69, 9.17) is 5.14 Å². The highest BCUT2D eigenvalue weighted by Gasteiger charge is 2.37. The number of nitrogens with two attached hydrogens (primary N) is 1. The Morgan fingerprint density at radius 2 is 2.22 bits per heavy atom. The average molecular weight is 338 g/mol. The molecule has 6 nitrogen and oxygen atoms in total. The van der Waals surface area contributed by atoms with E-state index in [1.807, 2.05) is 0 Å². The molecule has 0 bridgehead atoms. The largest absolute Gasteiger partial charge is 0.295 e. The SMILES string of the molecule is NS(=O)(=O)C1CC(=O)N(c2cc(F)c(Br)cn2)C1. The predicted octanol–water partition coefficient (Wildman–Crippen LogP) is 0.377. The van der Waals surface area contributed by atoms with Crippen LogP contribution in [-0.4, -0.2) is 31.1 Å². The summed E-state index contributed by atoms with van der Waals surface area (Å²) in [5.74, 6) is -0.943. The Bertz CT molecular complexity index is 607. The summed E-state index contributed by atoms with van der Waals surface area (Å²) < 4.78 is 35.8. The molecular weight excluding hydrogens is 329 g/mol. The van der Waals surface area contributed by atoms with Gasteiger partial charge in [0, 0.05) is 25.2 Å². The maximum atomic E-state index is 13.3. The molecule has 1 atom stereocenters. The van der Waals surface area contributed by atoms with Gasteiger partial charge >= 0.3 is 0 Å². The number of aromatic nitrogens is 1. The second kappa shape index (κ2) is 4.56. The van der Waals surface area contributed by atoms with E-state index in [1.165, 1.54) is 6.20 Å². The summed E-state index contributed by atoms with van der Waals surface area (Å²) in [5, 5.41) is 4.02. The van der Waals surface area contributed by atoms with Crippen molar-refractivity contribution in [2.24, 2.45) is 5.14 Å². The molecule has 1 aromatic heterocycles. The smallest absolute Gasteiger partial charge is 0.229 e. The number of hydrogen-bond acceptors (Lipinski definition) is 4. The number of hydrogen-bond donors (Lipinski definition) is 1. The van der Waals surface area contributed by atoms with Crippen LogP contribution in [0.5, 0.6) is 0 Å². The van der Waals surface area contributed by atoms with Gasteiger partial charge in [0.15, 0.2) is 0 Å². The average Bonchev–Trinajstić information content (AvgIpc) is 2.64. The predicted molar refractivity (Wildman–Crippen MR) is 65.8 cm³/mol. The maximum Gasteiger partial charge on any atom is 0.229 e. The first-order chi connectivity index (χ1) is 8.29. The van der Waals surface area contributed by atoms with Gasteiger partial charge in [-0.3, -0.25) is 9.69 Å². The van der Waals surface area contributed by atoms with Crippen LogP contribution in [0.15, 0.2) is 16.7 Å². The van der Waals surface area contributed by atoms with E-state index in [2.05, 4.69) is 20.9 Å². The van der Waals surface area contributed by atoms with Gasteiger partial charge in [-0.05, 0) is 15.9 Å². The molecule has 1 saturated heterocycles. The molecule has 2 heterocycles. The lowest BCUT2D eigenvalue weighted by atomic mass is 10.4. The molecule has 9 heteroatoms. The van der Waals surface area contributed by atoms with Gasteiger partial charge in [0.25, 0.3) is 0 Å². The van der Waals surface area contributed by atoms with E-state index < -0.39 is 27.0 Å². The van der Waals surface area contributed by atoms with Crippen molar-refractivity contribution in [2.75, 3.05) is 11.4 Å². The van der Waals surface area contributed by atoms with Crippen LogP contribution in [0.2, 0.25) is 0 Å². The molecule has 0 saturated carbocycles. The third-order valence-corrected chi connectivity index (χ3v) is 4.45. The van der Waals surface area contributed by atoms with Crippen molar-refractivity contribution in [1.29, 1.82) is 0 Å². The molecule has 18 heavy (non-hydrogen) atoms. The summed E-state index contributed by atoms with van der Waals surface area (Å²) >= 11 is 2.94. The van der Waals surface area contributed by atoms with E-state index >= 15 is 0 Å². The van der Waals surface area contributed by atoms with Crippen LogP contribution >= 0.6 is 15.9 Å². The van der Waals surface area contributed by atoms with Crippen LogP contribution in [-0.2, 0) is 14.8 Å². The van der Waals surface area contributed by atoms with Crippen molar-refractivity contribution in [3.63, 3.8) is 0 Å². The summed E-state index contributed by atoms with van der Waals surface area (Å²) in [6.45, 7) is -0.105. The summed E-state index contributed by atoms with van der Waals surface area (Å²) in [6, 6.07) is 1.06. The molecule has 0 aliphatic carbocycles. The normalized spacial score (nSPS) is 20.5. The number of carbonyl (C=O) groups is 1. The first-order valence-electron chi connectivity index (χ1n) is 4.92. The Labute approximate surface area is 111 Å². The first kappa shape index (κ1) is 13.4. The van der Waals surface area contributed by atoms with Crippen LogP contribution in [0.25, 0.3) is 0 Å². The Kier molecular flexibility index (Phi) is 3.39. The van der Waals surface area contributed by atoms with Crippen LogP contribution < -0.4 is 10.0 Å². The number of pyridine rings is 1. The number of primary sulfonamides is 1. The third kappa shape index (κ3) is 2.52. The van der Waals surface area contributed by atoms with E-state index in [9.17, 15) is 17.6 Å². The fraction of sp³-hybridized carbons (Fsp3) is 0.333. The molecular formula is C9H9BrFN3O3S. The summed E-state index contributed by atoms with van der Waals surface area (Å²) in [6.07, 6.45) is 1.00. The number of rotatable bonds is 2. The van der Waals surface area contributed by atoms with Gasteiger partial charge in [-0.2, -0.15) is 0 Å². The fourth-order valence-corrected chi connectivity index (χ4v) is 2.62. The monoisotopic (exact) mass is 337 g/mol. The molecule has 98 valence electrons. The molecule has 2 N–H and O–H groups in total. The second-order valence-electron chi connectivity index (χ2n) is 3.88. The third-order valence-electron chi connectivity index (χ3n) is 2.62. The lowest BCUT2D eigenvalue weighted by Crippen LogP contribution is -2.32. The number of carbonyl (C=O) groups excluding carboxylic acids is 1. The zero-order valence-corrected chi connectivity index (χ0v) is 11.4. The number of anilines is 1. The fourth-order valence-electron chi connectivity index (χ4n) is 1.67. The minimum Gasteiger partial charge on any atom is -0.295 e. The van der Waals surface area contributed by atoms with Gasteiger partial charge in [0.2, 0.25) is 15.9 Å².